The third-order valence-electron chi connectivity index (χ3n) is 5.72. The molecule has 4 amide bonds. The number of nitrogens with zero attached hydrogens (tertiary/aromatic N) is 3. The van der Waals surface area contributed by atoms with Gasteiger partial charge in [0.2, 0.25) is 5.43 Å². The molecule has 3 aromatic rings. The molecule has 0 radical (unpaired) electrons. The predicted molar refractivity (Wildman–Crippen MR) is 120 cm³/mol. The van der Waals surface area contributed by atoms with Crippen LogP contribution in [0.25, 0.3) is 11.0 Å². The van der Waals surface area contributed by atoms with Crippen molar-refractivity contribution in [1.29, 1.82) is 0 Å². The fraction of sp³-hybridized carbons (Fsp3) is 0.261. The van der Waals surface area contributed by atoms with Gasteiger partial charge in [-0.2, -0.15) is 5.01 Å². The van der Waals surface area contributed by atoms with Gasteiger partial charge in [-0.3, -0.25) is 19.8 Å². The van der Waals surface area contributed by atoms with Gasteiger partial charge in [0.1, 0.15) is 22.5 Å². The number of ether oxygens (including phenoxy) is 1. The molecule has 0 aliphatic carbocycles. The zero-order valence-corrected chi connectivity index (χ0v) is 18.6. The van der Waals surface area contributed by atoms with Gasteiger partial charge in [-0.15, -0.1) is 0 Å². The zero-order chi connectivity index (χ0) is 23.9. The van der Waals surface area contributed by atoms with E-state index in [1.807, 2.05) is 13.8 Å². The second-order valence-electron chi connectivity index (χ2n) is 7.85. The first-order chi connectivity index (χ1) is 15.7. The van der Waals surface area contributed by atoms with Crippen LogP contribution in [0, 0.1) is 6.92 Å². The number of hydrogen-bond acceptors (Lipinski definition) is 6. The van der Waals surface area contributed by atoms with Crippen LogP contribution in [0.4, 0.5) is 4.79 Å². The molecule has 33 heavy (non-hydrogen) atoms. The monoisotopic (exact) mass is 449 g/mol. The predicted octanol–water partition coefficient (Wildman–Crippen LogP) is 1.85. The molecule has 1 aliphatic heterocycles. The van der Waals surface area contributed by atoms with Crippen molar-refractivity contribution in [3.8, 4) is 5.75 Å². The Hall–Kier alpha value is -4.21. The van der Waals surface area contributed by atoms with Crippen LogP contribution in [0.2, 0.25) is 0 Å². The van der Waals surface area contributed by atoms with Crippen LogP contribution in [-0.4, -0.2) is 39.5 Å². The highest BCUT2D eigenvalue weighted by atomic mass is 16.5. The van der Waals surface area contributed by atoms with Crippen LogP contribution in [0.1, 0.15) is 35.5 Å². The maximum atomic E-state index is 13.1. The van der Waals surface area contributed by atoms with Crippen molar-refractivity contribution in [3.05, 3.63) is 69.6 Å². The van der Waals surface area contributed by atoms with Gasteiger partial charge in [0.25, 0.3) is 11.8 Å². The Balaban J connectivity index is 1.66. The Kier molecular flexibility index (Phi) is 5.36. The van der Waals surface area contributed by atoms with Gasteiger partial charge >= 0.3 is 6.03 Å². The number of amides is 4. The summed E-state index contributed by atoms with van der Waals surface area (Å²) in [6.07, 6.45) is 1.38. The molecular formula is C23H23N5O5. The first kappa shape index (κ1) is 22.0. The van der Waals surface area contributed by atoms with Gasteiger partial charge in [-0.1, -0.05) is 12.1 Å². The van der Waals surface area contributed by atoms with E-state index in [1.165, 1.54) is 20.2 Å². The summed E-state index contributed by atoms with van der Waals surface area (Å²) >= 11 is 0. The summed E-state index contributed by atoms with van der Waals surface area (Å²) in [5, 5.41) is 3.47. The summed E-state index contributed by atoms with van der Waals surface area (Å²) < 4.78 is 6.80. The molecule has 1 atom stereocenters. The van der Waals surface area contributed by atoms with Gasteiger partial charge in [-0.25, -0.2) is 9.78 Å². The van der Waals surface area contributed by atoms with E-state index < -0.39 is 28.8 Å². The summed E-state index contributed by atoms with van der Waals surface area (Å²) in [6, 6.07) is 9.13. The fourth-order valence-corrected chi connectivity index (χ4v) is 3.79. The Labute approximate surface area is 189 Å². The number of imide groups is 1. The number of nitrogens with one attached hydrogen (secondary N) is 2. The second kappa shape index (κ2) is 8.05. The maximum absolute atomic E-state index is 13.1. The number of hydrazine groups is 1. The molecular weight excluding hydrogens is 426 g/mol. The lowest BCUT2D eigenvalue weighted by Crippen LogP contribution is -2.48. The Bertz CT molecular complexity index is 1350. The SMILES string of the molecule is CCn1cc(C(=O)NN2C(=O)NC(C)(c3ccc(OC)cc3)C2=O)c(=O)c2ccc(C)nc21. The molecule has 0 bridgehead atoms. The molecule has 10 nitrogen and oxygen atoms in total. The third-order valence-corrected chi connectivity index (χ3v) is 5.72. The standard InChI is InChI=1S/C23H23N5O5/c1-5-27-12-17(18(29)16-11-6-13(2)24-19(16)27)20(30)26-28-21(31)23(3,25-22(28)32)14-7-9-15(33-4)10-8-14/h6-12H,5H2,1-4H3,(H,25,32)(H,26,30). The number of pyridine rings is 2. The quantitative estimate of drug-likeness (QED) is 0.573. The summed E-state index contributed by atoms with van der Waals surface area (Å²) in [6.45, 7) is 5.66. The summed E-state index contributed by atoms with van der Waals surface area (Å²) in [7, 11) is 1.52. The van der Waals surface area contributed by atoms with E-state index in [4.69, 9.17) is 4.74 Å². The van der Waals surface area contributed by atoms with Gasteiger partial charge in [0.15, 0.2) is 0 Å². The lowest BCUT2D eigenvalue weighted by atomic mass is 9.92. The van der Waals surface area contributed by atoms with Gasteiger partial charge in [0.05, 0.1) is 12.5 Å². The van der Waals surface area contributed by atoms with Crippen molar-refractivity contribution in [1.82, 2.24) is 25.3 Å². The topological polar surface area (TPSA) is 123 Å². The molecule has 1 aliphatic rings. The van der Waals surface area contributed by atoms with Crippen molar-refractivity contribution in [2.75, 3.05) is 7.11 Å². The highest BCUT2D eigenvalue weighted by Gasteiger charge is 2.50. The van der Waals surface area contributed by atoms with Crippen LogP contribution < -0.4 is 20.9 Å². The summed E-state index contributed by atoms with van der Waals surface area (Å²) in [5.74, 6) is -0.954. The van der Waals surface area contributed by atoms with Gasteiger partial charge in [0, 0.05) is 18.4 Å². The smallest absolute Gasteiger partial charge is 0.344 e. The fourth-order valence-electron chi connectivity index (χ4n) is 3.79. The normalized spacial score (nSPS) is 17.9. The van der Waals surface area contributed by atoms with Crippen molar-refractivity contribution in [3.63, 3.8) is 0 Å². The molecule has 0 saturated carbocycles. The average Bonchev–Trinajstić information content (AvgIpc) is 3.03. The minimum atomic E-state index is -1.40. The number of fused-ring (bicyclic) bond motifs is 1. The van der Waals surface area contributed by atoms with Crippen molar-refractivity contribution in [2.45, 2.75) is 32.9 Å². The summed E-state index contributed by atoms with van der Waals surface area (Å²) in [4.78, 5) is 56.0. The number of carbonyl (C=O) groups is 3. The molecule has 170 valence electrons. The Morgan fingerprint density at radius 3 is 2.48 bits per heavy atom. The average molecular weight is 449 g/mol. The van der Waals surface area contributed by atoms with Gasteiger partial charge in [-0.05, 0) is 50.6 Å². The molecule has 3 heterocycles. The van der Waals surface area contributed by atoms with Crippen LogP contribution in [0.5, 0.6) is 5.75 Å². The minimum Gasteiger partial charge on any atom is -0.497 e. The van der Waals surface area contributed by atoms with Crippen molar-refractivity contribution >= 4 is 28.9 Å². The highest BCUT2D eigenvalue weighted by Crippen LogP contribution is 2.29. The summed E-state index contributed by atoms with van der Waals surface area (Å²) in [5.41, 5.74) is 1.86. The van der Waals surface area contributed by atoms with Crippen molar-refractivity contribution in [2.24, 2.45) is 0 Å². The number of hydrogen-bond donors (Lipinski definition) is 2. The minimum absolute atomic E-state index is 0.200. The van der Waals surface area contributed by atoms with Crippen molar-refractivity contribution < 1.29 is 19.1 Å². The number of carbonyl (C=O) groups excluding carboxylic acids is 3. The maximum Gasteiger partial charge on any atom is 0.344 e. The van der Waals surface area contributed by atoms with E-state index in [-0.39, 0.29) is 10.9 Å². The third kappa shape index (κ3) is 3.59. The molecule has 4 rings (SSSR count). The Morgan fingerprint density at radius 1 is 1.15 bits per heavy atom. The molecule has 1 saturated heterocycles. The molecule has 2 N–H and O–H groups in total. The van der Waals surface area contributed by atoms with Crippen LogP contribution in [0.3, 0.4) is 0 Å². The van der Waals surface area contributed by atoms with E-state index >= 15 is 0 Å². The number of aromatic nitrogens is 2. The second-order valence-corrected chi connectivity index (χ2v) is 7.85. The largest absolute Gasteiger partial charge is 0.497 e. The first-order valence-corrected chi connectivity index (χ1v) is 10.3. The van der Waals surface area contributed by atoms with Gasteiger partial charge < -0.3 is 14.6 Å². The van der Waals surface area contributed by atoms with E-state index in [0.29, 0.717) is 28.5 Å². The number of urea groups is 1. The molecule has 1 fully saturated rings. The Morgan fingerprint density at radius 2 is 1.85 bits per heavy atom. The first-order valence-electron chi connectivity index (χ1n) is 10.3. The molecule has 1 aromatic carbocycles. The van der Waals surface area contributed by atoms with Crippen LogP contribution >= 0.6 is 0 Å². The van der Waals surface area contributed by atoms with Crippen LogP contribution in [-0.2, 0) is 16.9 Å². The zero-order valence-electron chi connectivity index (χ0n) is 18.6. The number of methoxy groups -OCH3 is 1. The molecule has 1 unspecified atom stereocenters. The van der Waals surface area contributed by atoms with E-state index in [1.54, 1.807) is 41.0 Å². The lowest BCUT2D eigenvalue weighted by Gasteiger charge is -2.22. The van der Waals surface area contributed by atoms with E-state index in [2.05, 4.69) is 15.7 Å². The molecule has 2 aromatic heterocycles. The van der Waals surface area contributed by atoms with Crippen LogP contribution in [0.15, 0.2) is 47.4 Å². The highest BCUT2D eigenvalue weighted by molar-refractivity contribution is 6.09. The number of rotatable bonds is 5. The lowest BCUT2D eigenvalue weighted by molar-refractivity contribution is -0.132. The number of aryl methyl sites for hydroxylation is 2. The van der Waals surface area contributed by atoms with E-state index in [9.17, 15) is 19.2 Å². The number of benzene rings is 1. The van der Waals surface area contributed by atoms with E-state index in [0.717, 1.165) is 5.69 Å². The molecule has 10 heteroatoms. The molecule has 0 spiro atoms.